The number of anilines is 1. The Morgan fingerprint density at radius 2 is 1.90 bits per heavy atom. The van der Waals surface area contributed by atoms with Gasteiger partial charge in [-0.05, 0) is 31.7 Å². The third-order valence-corrected chi connectivity index (χ3v) is 4.23. The summed E-state index contributed by atoms with van der Waals surface area (Å²) in [4.78, 5) is 2.74. The maximum atomic E-state index is 13.7. The number of aryl methyl sites for hydroxylation is 1. The van der Waals surface area contributed by atoms with Gasteiger partial charge in [-0.15, -0.1) is 0 Å². The van der Waals surface area contributed by atoms with Crippen LogP contribution in [-0.4, -0.2) is 20.4 Å². The molecule has 0 amide bonds. The van der Waals surface area contributed by atoms with Crippen molar-refractivity contribution in [1.29, 1.82) is 0 Å². The summed E-state index contributed by atoms with van der Waals surface area (Å²) in [5.41, 5.74) is 0.344. The molecule has 0 atom stereocenters. The number of sulfonamides is 1. The van der Waals surface area contributed by atoms with E-state index in [0.717, 1.165) is 12.1 Å². The van der Waals surface area contributed by atoms with Gasteiger partial charge in [0.1, 0.15) is 16.5 Å². The summed E-state index contributed by atoms with van der Waals surface area (Å²) in [6.45, 7) is 1.86. The predicted octanol–water partition coefficient (Wildman–Crippen LogP) is 2.12. The SMILES string of the molecule is CNCc1cc(S(=O)(=O)Nc2cc(F)c(C)cc2F)c[nH]1. The van der Waals surface area contributed by atoms with E-state index in [1.54, 1.807) is 7.05 Å². The van der Waals surface area contributed by atoms with Gasteiger partial charge in [0.15, 0.2) is 0 Å². The van der Waals surface area contributed by atoms with Crippen LogP contribution in [0.5, 0.6) is 0 Å². The number of aromatic nitrogens is 1. The standard InChI is InChI=1S/C13H15F2N3O2S/c1-8-3-12(15)13(5-11(8)14)18-21(19,20)10-4-9(6-16-2)17-7-10/h3-5,7,16-18H,6H2,1-2H3. The van der Waals surface area contributed by atoms with Gasteiger partial charge in [-0.25, -0.2) is 17.2 Å². The van der Waals surface area contributed by atoms with Crippen LogP contribution < -0.4 is 10.0 Å². The maximum Gasteiger partial charge on any atom is 0.263 e. The highest BCUT2D eigenvalue weighted by Crippen LogP contribution is 2.22. The fourth-order valence-electron chi connectivity index (χ4n) is 1.79. The lowest BCUT2D eigenvalue weighted by Gasteiger charge is -2.08. The lowest BCUT2D eigenvalue weighted by atomic mass is 10.2. The number of H-pyrrole nitrogens is 1. The number of nitrogens with one attached hydrogen (secondary N) is 3. The maximum absolute atomic E-state index is 13.7. The van der Waals surface area contributed by atoms with Crippen molar-refractivity contribution in [3.8, 4) is 0 Å². The molecule has 3 N–H and O–H groups in total. The minimum Gasteiger partial charge on any atom is -0.363 e. The van der Waals surface area contributed by atoms with Gasteiger partial charge in [0, 0.05) is 24.5 Å². The molecule has 1 heterocycles. The summed E-state index contributed by atoms with van der Waals surface area (Å²) in [5, 5.41) is 2.87. The van der Waals surface area contributed by atoms with E-state index in [2.05, 4.69) is 10.3 Å². The fourth-order valence-corrected chi connectivity index (χ4v) is 2.87. The molecule has 8 heteroatoms. The zero-order valence-corrected chi connectivity index (χ0v) is 12.3. The molecule has 2 rings (SSSR count). The summed E-state index contributed by atoms with van der Waals surface area (Å²) in [6, 6.07) is 3.18. The van der Waals surface area contributed by atoms with Crippen LogP contribution in [0.4, 0.5) is 14.5 Å². The molecule has 114 valence electrons. The average molecular weight is 315 g/mol. The number of hydrogen-bond donors (Lipinski definition) is 3. The van der Waals surface area contributed by atoms with Crippen molar-refractivity contribution in [3.05, 3.63) is 47.3 Å². The molecule has 0 saturated carbocycles. The molecule has 0 radical (unpaired) electrons. The third kappa shape index (κ3) is 3.40. The van der Waals surface area contributed by atoms with Gasteiger partial charge in [0.05, 0.1) is 5.69 Å². The van der Waals surface area contributed by atoms with Crippen molar-refractivity contribution in [2.24, 2.45) is 0 Å². The minimum atomic E-state index is -3.98. The fraction of sp³-hybridized carbons (Fsp3) is 0.231. The van der Waals surface area contributed by atoms with Crippen molar-refractivity contribution in [2.45, 2.75) is 18.4 Å². The first kappa shape index (κ1) is 15.5. The van der Waals surface area contributed by atoms with Gasteiger partial charge in [-0.3, -0.25) is 4.72 Å². The molecule has 0 aliphatic rings. The minimum absolute atomic E-state index is 0.0480. The highest BCUT2D eigenvalue weighted by atomic mass is 32.2. The molecule has 0 aliphatic carbocycles. The monoisotopic (exact) mass is 315 g/mol. The first-order valence-electron chi connectivity index (χ1n) is 6.14. The quantitative estimate of drug-likeness (QED) is 0.791. The van der Waals surface area contributed by atoms with Gasteiger partial charge < -0.3 is 10.3 Å². The number of hydrogen-bond acceptors (Lipinski definition) is 3. The Bertz CT molecular complexity index is 757. The molecular weight excluding hydrogens is 300 g/mol. The van der Waals surface area contributed by atoms with Crippen LogP contribution in [0.15, 0.2) is 29.3 Å². The van der Waals surface area contributed by atoms with Crippen LogP contribution in [0.2, 0.25) is 0 Å². The summed E-state index contributed by atoms with van der Waals surface area (Å²) >= 11 is 0. The van der Waals surface area contributed by atoms with Gasteiger partial charge in [0.2, 0.25) is 0 Å². The second kappa shape index (κ2) is 5.82. The van der Waals surface area contributed by atoms with Gasteiger partial charge in [-0.2, -0.15) is 0 Å². The van der Waals surface area contributed by atoms with Crippen molar-refractivity contribution >= 4 is 15.7 Å². The van der Waals surface area contributed by atoms with Crippen molar-refractivity contribution in [1.82, 2.24) is 10.3 Å². The van der Waals surface area contributed by atoms with E-state index in [1.165, 1.54) is 19.2 Å². The Kier molecular flexibility index (Phi) is 4.29. The molecule has 0 saturated heterocycles. The zero-order chi connectivity index (χ0) is 15.6. The van der Waals surface area contributed by atoms with Gasteiger partial charge >= 0.3 is 0 Å². The van der Waals surface area contributed by atoms with Crippen LogP contribution in [0.3, 0.4) is 0 Å². The molecule has 2 aromatic rings. The average Bonchev–Trinajstić information content (AvgIpc) is 2.86. The van der Waals surface area contributed by atoms with E-state index >= 15 is 0 Å². The Morgan fingerprint density at radius 3 is 2.57 bits per heavy atom. The van der Waals surface area contributed by atoms with Crippen molar-refractivity contribution < 1.29 is 17.2 Å². The number of halogens is 2. The van der Waals surface area contributed by atoms with Crippen LogP contribution >= 0.6 is 0 Å². The van der Waals surface area contributed by atoms with Gasteiger partial charge in [-0.1, -0.05) is 0 Å². The number of aromatic amines is 1. The summed E-state index contributed by atoms with van der Waals surface area (Å²) in [5.74, 6) is -1.51. The van der Waals surface area contributed by atoms with E-state index in [0.29, 0.717) is 12.2 Å². The molecule has 1 aromatic heterocycles. The van der Waals surface area contributed by atoms with E-state index in [9.17, 15) is 17.2 Å². The molecule has 0 bridgehead atoms. The third-order valence-electron chi connectivity index (χ3n) is 2.89. The predicted molar refractivity (Wildman–Crippen MR) is 75.5 cm³/mol. The second-order valence-corrected chi connectivity index (χ2v) is 6.26. The number of benzene rings is 1. The van der Waals surface area contributed by atoms with Crippen LogP contribution in [-0.2, 0) is 16.6 Å². The molecular formula is C13H15F2N3O2S. The lowest BCUT2D eigenvalue weighted by molar-refractivity contribution is 0.590. The van der Waals surface area contributed by atoms with E-state index in [4.69, 9.17) is 0 Å². The molecule has 0 fully saturated rings. The summed E-state index contributed by atoms with van der Waals surface area (Å²) in [6.07, 6.45) is 1.29. The highest BCUT2D eigenvalue weighted by molar-refractivity contribution is 7.92. The molecule has 1 aromatic carbocycles. The zero-order valence-electron chi connectivity index (χ0n) is 11.5. The molecule has 21 heavy (non-hydrogen) atoms. The molecule has 0 spiro atoms. The molecule has 0 aliphatic heterocycles. The highest BCUT2D eigenvalue weighted by Gasteiger charge is 2.19. The van der Waals surface area contributed by atoms with E-state index in [-0.39, 0.29) is 10.5 Å². The molecule has 0 unspecified atom stereocenters. The van der Waals surface area contributed by atoms with Crippen LogP contribution in [0, 0.1) is 18.6 Å². The lowest BCUT2D eigenvalue weighted by Crippen LogP contribution is -2.14. The largest absolute Gasteiger partial charge is 0.363 e. The number of rotatable bonds is 5. The van der Waals surface area contributed by atoms with E-state index in [1.807, 2.05) is 4.72 Å². The Balaban J connectivity index is 2.30. The van der Waals surface area contributed by atoms with E-state index < -0.39 is 27.3 Å². The normalized spacial score (nSPS) is 11.6. The van der Waals surface area contributed by atoms with Crippen molar-refractivity contribution in [2.75, 3.05) is 11.8 Å². The van der Waals surface area contributed by atoms with Crippen molar-refractivity contribution in [3.63, 3.8) is 0 Å². The topological polar surface area (TPSA) is 74.0 Å². The Hall–Kier alpha value is -1.93. The first-order valence-corrected chi connectivity index (χ1v) is 7.62. The summed E-state index contributed by atoms with van der Waals surface area (Å²) < 4.78 is 53.4. The smallest absolute Gasteiger partial charge is 0.263 e. The van der Waals surface area contributed by atoms with Crippen LogP contribution in [0.1, 0.15) is 11.3 Å². The Labute approximate surface area is 121 Å². The van der Waals surface area contributed by atoms with Gasteiger partial charge in [0.25, 0.3) is 10.0 Å². The summed E-state index contributed by atoms with van der Waals surface area (Å²) in [7, 11) is -2.26. The second-order valence-electron chi connectivity index (χ2n) is 4.58. The molecule has 5 nitrogen and oxygen atoms in total. The first-order chi connectivity index (χ1) is 9.83. The van der Waals surface area contributed by atoms with Crippen LogP contribution in [0.25, 0.3) is 0 Å². The Morgan fingerprint density at radius 1 is 1.19 bits per heavy atom.